The summed E-state index contributed by atoms with van der Waals surface area (Å²) in [6.45, 7) is 16.5. The number of anilines is 1. The molecule has 14 nitrogen and oxygen atoms in total. The van der Waals surface area contributed by atoms with Crippen molar-refractivity contribution in [1.29, 1.82) is 0 Å². The van der Waals surface area contributed by atoms with Crippen molar-refractivity contribution in [3.8, 4) is 17.2 Å². The number of esters is 1. The molecule has 0 radical (unpaired) electrons. The average molecular weight is 788 g/mol. The van der Waals surface area contributed by atoms with Crippen molar-refractivity contribution in [2.75, 3.05) is 12.4 Å². The predicted octanol–water partition coefficient (Wildman–Crippen LogP) is 6.55. The molecule has 0 saturated heterocycles. The van der Waals surface area contributed by atoms with Gasteiger partial charge in [0.05, 0.1) is 35.5 Å². The summed E-state index contributed by atoms with van der Waals surface area (Å²) < 4.78 is 24.0. The molecule has 5 N–H and O–H groups in total. The lowest BCUT2D eigenvalue weighted by atomic mass is 9.82. The number of carbonyl (C=O) groups excluding carboxylic acids is 3. The maximum absolute atomic E-state index is 14.2. The van der Waals surface area contributed by atoms with E-state index in [2.05, 4.69) is 5.32 Å². The fraction of sp³-hybridized carbons (Fsp3) is 0.442. The molecule has 4 aromatic rings. The lowest BCUT2D eigenvalue weighted by Crippen LogP contribution is -2.41. The number of ketones is 1. The van der Waals surface area contributed by atoms with Gasteiger partial charge in [0, 0.05) is 61.4 Å². The molecule has 5 rings (SSSR count). The minimum atomic E-state index is -1.81. The molecular weight excluding hydrogens is 734 g/mol. The number of amides is 1. The molecule has 3 heterocycles. The third-order valence-electron chi connectivity index (χ3n) is 10.9. The van der Waals surface area contributed by atoms with E-state index in [1.165, 1.54) is 27.2 Å². The number of imidazole rings is 1. The summed E-state index contributed by atoms with van der Waals surface area (Å²) in [5.74, 6) is -5.62. The van der Waals surface area contributed by atoms with E-state index >= 15 is 0 Å². The number of carbonyl (C=O) groups is 3. The molecular formula is C43H53N3O11. The lowest BCUT2D eigenvalue weighted by Gasteiger charge is -2.33. The summed E-state index contributed by atoms with van der Waals surface area (Å²) in [4.78, 5) is 44.3. The number of phenolic OH excluding ortho intramolecular Hbond substituents is 2. The van der Waals surface area contributed by atoms with E-state index < -0.39 is 65.3 Å². The van der Waals surface area contributed by atoms with Gasteiger partial charge in [0.15, 0.2) is 5.75 Å². The Morgan fingerprint density at radius 3 is 2.33 bits per heavy atom. The Morgan fingerprint density at radius 2 is 1.68 bits per heavy atom. The van der Waals surface area contributed by atoms with Gasteiger partial charge in [-0.1, -0.05) is 39.0 Å². The summed E-state index contributed by atoms with van der Waals surface area (Å²) >= 11 is 0. The molecule has 0 unspecified atom stereocenters. The number of aromatic hydroxyl groups is 2. The van der Waals surface area contributed by atoms with Crippen LogP contribution in [0.1, 0.15) is 76.9 Å². The molecule has 8 atom stereocenters. The van der Waals surface area contributed by atoms with Crippen molar-refractivity contribution in [2.24, 2.45) is 17.8 Å². The number of nitrogens with zero attached hydrogens (tertiary/aromatic N) is 2. The van der Waals surface area contributed by atoms with E-state index in [1.54, 1.807) is 83.4 Å². The van der Waals surface area contributed by atoms with Crippen molar-refractivity contribution < 1.29 is 53.8 Å². The van der Waals surface area contributed by atoms with Gasteiger partial charge in [0.2, 0.25) is 0 Å². The van der Waals surface area contributed by atoms with Gasteiger partial charge in [-0.2, -0.15) is 0 Å². The van der Waals surface area contributed by atoms with Gasteiger partial charge in [-0.25, -0.2) is 4.98 Å². The van der Waals surface area contributed by atoms with E-state index in [0.717, 1.165) is 5.56 Å². The van der Waals surface area contributed by atoms with E-state index in [-0.39, 0.29) is 61.8 Å². The van der Waals surface area contributed by atoms with Crippen LogP contribution in [-0.4, -0.2) is 84.8 Å². The summed E-state index contributed by atoms with van der Waals surface area (Å²) in [6.07, 6.45) is 6.77. The second-order valence-electron chi connectivity index (χ2n) is 15.2. The molecule has 0 spiro atoms. The van der Waals surface area contributed by atoms with Crippen LogP contribution < -0.4 is 10.1 Å². The molecule has 2 aromatic heterocycles. The molecule has 2 aromatic carbocycles. The number of rotatable bonds is 14. The Kier molecular flexibility index (Phi) is 12.4. The topological polar surface area (TPSA) is 198 Å². The van der Waals surface area contributed by atoms with Crippen LogP contribution in [0.3, 0.4) is 0 Å². The van der Waals surface area contributed by atoms with Crippen molar-refractivity contribution in [3.63, 3.8) is 0 Å². The number of benzene rings is 2. The highest BCUT2D eigenvalue weighted by atomic mass is 16.7. The average Bonchev–Trinajstić information content (AvgIpc) is 3.66. The molecule has 14 heteroatoms. The number of allylic oxidation sites excluding steroid dienone is 2. The fourth-order valence-corrected chi connectivity index (χ4v) is 7.05. The smallest absolute Gasteiger partial charge is 0.312 e. The Labute approximate surface area is 331 Å². The highest BCUT2D eigenvalue weighted by molar-refractivity contribution is 6.28. The fourth-order valence-electron chi connectivity index (χ4n) is 7.05. The number of aliphatic hydroxyl groups excluding tert-OH is 2. The molecule has 0 saturated carbocycles. The molecule has 0 aliphatic carbocycles. The zero-order chi connectivity index (χ0) is 42.3. The largest absolute Gasteiger partial charge is 0.507 e. The first kappa shape index (κ1) is 42.7. The third kappa shape index (κ3) is 8.07. The van der Waals surface area contributed by atoms with Crippen LogP contribution in [0.15, 0.2) is 54.5 Å². The zero-order valence-electron chi connectivity index (χ0n) is 34.2. The lowest BCUT2D eigenvalue weighted by molar-refractivity contribution is -0.151. The highest BCUT2D eigenvalue weighted by Crippen LogP contribution is 2.54. The number of nitrogens with one attached hydrogen (secondary N) is 1. The van der Waals surface area contributed by atoms with Crippen molar-refractivity contribution >= 4 is 50.8 Å². The number of aromatic nitrogens is 2. The monoisotopic (exact) mass is 787 g/mol. The number of pyridine rings is 1. The molecule has 1 aliphatic heterocycles. The zero-order valence-corrected chi connectivity index (χ0v) is 34.2. The van der Waals surface area contributed by atoms with Crippen molar-refractivity contribution in [3.05, 3.63) is 71.2 Å². The number of hydrogen-bond acceptors (Lipinski definition) is 12. The van der Waals surface area contributed by atoms with Gasteiger partial charge in [-0.15, -0.1) is 0 Å². The second-order valence-corrected chi connectivity index (χ2v) is 15.2. The van der Waals surface area contributed by atoms with Gasteiger partial charge in [-0.3, -0.25) is 18.8 Å². The number of hydrogen-bond donors (Lipinski definition) is 5. The molecule has 306 valence electrons. The summed E-state index contributed by atoms with van der Waals surface area (Å²) in [7, 11) is 1.53. The first-order chi connectivity index (χ1) is 26.7. The van der Waals surface area contributed by atoms with Gasteiger partial charge >= 0.3 is 11.8 Å². The van der Waals surface area contributed by atoms with Gasteiger partial charge in [-0.05, 0) is 58.4 Å². The number of Topliss-reactive ketones (excluding diaryl/α,β-unsaturated/α-hetero) is 1. The van der Waals surface area contributed by atoms with E-state index in [0.29, 0.717) is 5.65 Å². The highest BCUT2D eigenvalue weighted by Gasteiger charge is 2.49. The molecule has 1 aliphatic rings. The maximum atomic E-state index is 14.2. The van der Waals surface area contributed by atoms with Gasteiger partial charge < -0.3 is 44.7 Å². The summed E-state index contributed by atoms with van der Waals surface area (Å²) in [5.41, 5.74) is 2.26. The van der Waals surface area contributed by atoms with E-state index in [1.807, 2.05) is 19.1 Å². The quantitative estimate of drug-likeness (QED) is 0.0304. The Morgan fingerprint density at radius 1 is 1.00 bits per heavy atom. The normalized spacial score (nSPS) is 19.7. The van der Waals surface area contributed by atoms with Crippen LogP contribution in [-0.2, 0) is 23.8 Å². The van der Waals surface area contributed by atoms with E-state index in [4.69, 9.17) is 23.9 Å². The Bertz CT molecular complexity index is 2330. The number of ether oxygens (including phenoxy) is 4. The maximum Gasteiger partial charge on any atom is 0.312 e. The third-order valence-corrected chi connectivity index (χ3v) is 10.9. The van der Waals surface area contributed by atoms with Crippen LogP contribution in [0.2, 0.25) is 0 Å². The number of fused-ring (bicyclic) bond motifs is 7. The van der Waals surface area contributed by atoms with Gasteiger partial charge in [0.1, 0.15) is 40.0 Å². The first-order valence-corrected chi connectivity index (χ1v) is 18.9. The summed E-state index contributed by atoms with van der Waals surface area (Å²) in [6, 6.07) is 3.64. The van der Waals surface area contributed by atoms with Crippen LogP contribution in [0.5, 0.6) is 17.2 Å². The number of aryl methyl sites for hydroxylation is 1. The standard InChI is InChI=1S/C43H53N3O11/c1-20-15-17-46-29(19-20)44-33-30-31(38(50)26(7)40-32(30)41(52)43(10,57-40)55-18-16-23(4)54-11)39(51)34(35(33)46)45-42(53)22(3)14-12-13-21(2)36(48)25(6)37(49)24(5)27(8)56-28(9)47/h12-19,21,23-25,27,36-37,48-51H,1-11H3,(H,45,53)/b13-12+,18-16+,22-14-/t21-,23+,24-,25+,27+,36-,37-,43-/m0/s1. The van der Waals surface area contributed by atoms with Crippen molar-refractivity contribution in [2.45, 2.75) is 99.4 Å². The Hall–Kier alpha value is -5.44. The minimum Gasteiger partial charge on any atom is -0.507 e. The molecule has 0 bridgehead atoms. The Balaban J connectivity index is 1.52. The van der Waals surface area contributed by atoms with Crippen LogP contribution in [0.25, 0.3) is 27.5 Å². The molecule has 0 fully saturated rings. The van der Waals surface area contributed by atoms with Crippen molar-refractivity contribution in [1.82, 2.24) is 9.38 Å². The van der Waals surface area contributed by atoms with Gasteiger partial charge in [0.25, 0.3) is 11.7 Å². The minimum absolute atomic E-state index is 0.0456. The van der Waals surface area contributed by atoms with E-state index in [9.17, 15) is 34.8 Å². The summed E-state index contributed by atoms with van der Waals surface area (Å²) in [5, 5.41) is 48.4. The first-order valence-electron chi connectivity index (χ1n) is 18.9. The van der Waals surface area contributed by atoms with Crippen LogP contribution in [0, 0.1) is 31.6 Å². The van der Waals surface area contributed by atoms with Crippen LogP contribution >= 0.6 is 0 Å². The number of aliphatic hydroxyl groups is 2. The second kappa shape index (κ2) is 16.6. The number of methoxy groups -OCH3 is 1. The predicted molar refractivity (Wildman–Crippen MR) is 215 cm³/mol. The van der Waals surface area contributed by atoms with Crippen LogP contribution in [0.4, 0.5) is 5.69 Å². The number of phenols is 2. The molecule has 57 heavy (non-hydrogen) atoms. The molecule has 1 amide bonds. The SMILES string of the molecule is CO[C@H](C)/C=C/O[C@@]1(C)Oc2c(C)c(O)c3c(O)c(NC(=O)/C(C)=C\C=C\[C@H](C)[C@H](O)[C@@H](C)[C@@H](O)[C@@H](C)[C@@H](C)OC(C)=O)c4c(nc5cc(C)ccn54)c3c2C1=O.